The molecule has 0 aliphatic carbocycles. The van der Waals surface area contributed by atoms with Crippen LogP contribution in [0.5, 0.6) is 0 Å². The van der Waals surface area contributed by atoms with Gasteiger partial charge in [-0.15, -0.1) is 0 Å². The Kier molecular flexibility index (Phi) is 5.61. The SMILES string of the molecule is CC(=O)N[C@@H](CS)C(=O)CC(=O)C(=O)O. The first-order valence-corrected chi connectivity index (χ1v) is 4.68. The van der Waals surface area contributed by atoms with E-state index in [0.29, 0.717) is 0 Å². The minimum Gasteiger partial charge on any atom is -0.475 e. The summed E-state index contributed by atoms with van der Waals surface area (Å²) in [6, 6.07) is -0.922. The highest BCUT2D eigenvalue weighted by atomic mass is 32.1. The molecule has 0 fully saturated rings. The van der Waals surface area contributed by atoms with Crippen LogP contribution in [0.4, 0.5) is 0 Å². The Balaban J connectivity index is 4.34. The van der Waals surface area contributed by atoms with E-state index in [4.69, 9.17) is 5.11 Å². The molecule has 7 heteroatoms. The number of carbonyl (C=O) groups is 4. The van der Waals surface area contributed by atoms with Gasteiger partial charge in [-0.1, -0.05) is 0 Å². The first-order chi connectivity index (χ1) is 6.88. The molecule has 0 saturated carbocycles. The van der Waals surface area contributed by atoms with E-state index in [1.165, 1.54) is 6.92 Å². The van der Waals surface area contributed by atoms with Crippen LogP contribution in [-0.4, -0.2) is 40.3 Å². The standard InChI is InChI=1S/C8H11NO5S/c1-4(10)9-5(3-15)6(11)2-7(12)8(13)14/h5,15H,2-3H2,1H3,(H,9,10)(H,13,14)/t5-/m0/s1. The topological polar surface area (TPSA) is 101 Å². The van der Waals surface area contributed by atoms with Crippen LogP contribution >= 0.6 is 12.6 Å². The van der Waals surface area contributed by atoms with E-state index in [1.807, 2.05) is 0 Å². The van der Waals surface area contributed by atoms with Crippen LogP contribution in [0, 0.1) is 0 Å². The van der Waals surface area contributed by atoms with E-state index in [1.54, 1.807) is 0 Å². The number of amides is 1. The lowest BCUT2D eigenvalue weighted by Gasteiger charge is -2.12. The van der Waals surface area contributed by atoms with E-state index < -0.39 is 35.9 Å². The largest absolute Gasteiger partial charge is 0.475 e. The van der Waals surface area contributed by atoms with Crippen LogP contribution in [0.15, 0.2) is 0 Å². The van der Waals surface area contributed by atoms with Crippen molar-refractivity contribution in [1.29, 1.82) is 0 Å². The average molecular weight is 233 g/mol. The Morgan fingerprint density at radius 3 is 2.20 bits per heavy atom. The maximum absolute atomic E-state index is 11.3. The van der Waals surface area contributed by atoms with Gasteiger partial charge in [-0.2, -0.15) is 12.6 Å². The monoisotopic (exact) mass is 233 g/mol. The number of ketones is 2. The zero-order valence-corrected chi connectivity index (χ0v) is 8.91. The van der Waals surface area contributed by atoms with Crippen molar-refractivity contribution in [3.63, 3.8) is 0 Å². The molecular formula is C8H11NO5S. The first-order valence-electron chi connectivity index (χ1n) is 4.05. The fourth-order valence-electron chi connectivity index (χ4n) is 0.830. The van der Waals surface area contributed by atoms with E-state index in [0.717, 1.165) is 0 Å². The van der Waals surface area contributed by atoms with Gasteiger partial charge in [0.2, 0.25) is 11.7 Å². The number of hydrogen-bond acceptors (Lipinski definition) is 5. The summed E-state index contributed by atoms with van der Waals surface area (Å²) in [5.41, 5.74) is 0. The van der Waals surface area contributed by atoms with Crippen molar-refractivity contribution in [3.05, 3.63) is 0 Å². The zero-order valence-electron chi connectivity index (χ0n) is 8.02. The number of rotatable bonds is 6. The van der Waals surface area contributed by atoms with E-state index in [9.17, 15) is 19.2 Å². The number of carboxylic acids is 1. The summed E-state index contributed by atoms with van der Waals surface area (Å²) in [5, 5.41) is 10.5. The summed E-state index contributed by atoms with van der Waals surface area (Å²) in [4.78, 5) is 42.8. The lowest BCUT2D eigenvalue weighted by atomic mass is 10.1. The second-order valence-electron chi connectivity index (χ2n) is 2.81. The van der Waals surface area contributed by atoms with Crippen molar-refractivity contribution in [2.24, 2.45) is 0 Å². The lowest BCUT2D eigenvalue weighted by Crippen LogP contribution is -2.42. The summed E-state index contributed by atoms with van der Waals surface area (Å²) in [6.45, 7) is 1.21. The molecule has 0 bridgehead atoms. The molecule has 0 saturated heterocycles. The molecule has 84 valence electrons. The van der Waals surface area contributed by atoms with Crippen molar-refractivity contribution in [2.75, 3.05) is 5.75 Å². The smallest absolute Gasteiger partial charge is 0.372 e. The second kappa shape index (κ2) is 6.18. The van der Waals surface area contributed by atoms with Crippen LogP contribution in [0.25, 0.3) is 0 Å². The van der Waals surface area contributed by atoms with Gasteiger partial charge in [0.05, 0.1) is 12.5 Å². The average Bonchev–Trinajstić information content (AvgIpc) is 2.13. The van der Waals surface area contributed by atoms with Gasteiger partial charge in [0, 0.05) is 12.7 Å². The predicted molar refractivity (Wildman–Crippen MR) is 53.7 cm³/mol. The Hall–Kier alpha value is -1.37. The molecule has 0 aromatic rings. The molecule has 15 heavy (non-hydrogen) atoms. The van der Waals surface area contributed by atoms with E-state index >= 15 is 0 Å². The van der Waals surface area contributed by atoms with Gasteiger partial charge >= 0.3 is 5.97 Å². The minimum atomic E-state index is -1.66. The van der Waals surface area contributed by atoms with Gasteiger partial charge in [0.15, 0.2) is 5.78 Å². The van der Waals surface area contributed by atoms with Gasteiger partial charge in [-0.05, 0) is 0 Å². The van der Waals surface area contributed by atoms with E-state index in [-0.39, 0.29) is 5.75 Å². The summed E-state index contributed by atoms with van der Waals surface area (Å²) in [6.07, 6.45) is -0.735. The summed E-state index contributed by atoms with van der Waals surface area (Å²) in [7, 11) is 0. The first kappa shape index (κ1) is 13.6. The molecule has 6 nitrogen and oxygen atoms in total. The summed E-state index contributed by atoms with van der Waals surface area (Å²) < 4.78 is 0. The molecule has 2 N–H and O–H groups in total. The normalized spacial score (nSPS) is 11.6. The second-order valence-corrected chi connectivity index (χ2v) is 3.17. The maximum atomic E-state index is 11.3. The van der Waals surface area contributed by atoms with Crippen LogP contribution in [0.3, 0.4) is 0 Å². The number of thiol groups is 1. The van der Waals surface area contributed by atoms with Crippen molar-refractivity contribution in [2.45, 2.75) is 19.4 Å². The highest BCUT2D eigenvalue weighted by molar-refractivity contribution is 7.80. The quantitative estimate of drug-likeness (QED) is 0.311. The van der Waals surface area contributed by atoms with Crippen molar-refractivity contribution in [1.82, 2.24) is 5.32 Å². The Bertz CT molecular complexity index is 301. The third-order valence-electron chi connectivity index (χ3n) is 1.52. The highest BCUT2D eigenvalue weighted by Crippen LogP contribution is 1.96. The van der Waals surface area contributed by atoms with Gasteiger partial charge in [-0.3, -0.25) is 14.4 Å². The zero-order chi connectivity index (χ0) is 12.0. The third-order valence-corrected chi connectivity index (χ3v) is 1.89. The van der Waals surface area contributed by atoms with Crippen LogP contribution in [-0.2, 0) is 19.2 Å². The van der Waals surface area contributed by atoms with Crippen molar-refractivity contribution >= 4 is 36.1 Å². The van der Waals surface area contributed by atoms with Crippen molar-refractivity contribution < 1.29 is 24.3 Å². The maximum Gasteiger partial charge on any atom is 0.372 e. The molecular weight excluding hydrogens is 222 g/mol. The van der Waals surface area contributed by atoms with Crippen LogP contribution < -0.4 is 5.32 Å². The van der Waals surface area contributed by atoms with Gasteiger partial charge in [-0.25, -0.2) is 4.79 Å². The molecule has 0 spiro atoms. The molecule has 0 radical (unpaired) electrons. The highest BCUT2D eigenvalue weighted by Gasteiger charge is 2.23. The Morgan fingerprint density at radius 1 is 1.33 bits per heavy atom. The lowest BCUT2D eigenvalue weighted by molar-refractivity contribution is -0.150. The molecule has 0 unspecified atom stereocenters. The third kappa shape index (κ3) is 5.16. The molecule has 0 aromatic heterocycles. The fourth-order valence-corrected chi connectivity index (χ4v) is 1.13. The molecule has 0 aliphatic heterocycles. The summed E-state index contributed by atoms with van der Waals surface area (Å²) in [5.74, 6) is -3.94. The van der Waals surface area contributed by atoms with Gasteiger partial charge < -0.3 is 10.4 Å². The molecule has 0 aromatic carbocycles. The predicted octanol–water partition coefficient (Wildman–Crippen LogP) is -0.966. The number of Topliss-reactive ketones (excluding diaryl/α,β-unsaturated/α-hetero) is 2. The van der Waals surface area contributed by atoms with E-state index in [2.05, 4.69) is 17.9 Å². The Morgan fingerprint density at radius 2 is 1.87 bits per heavy atom. The molecule has 0 heterocycles. The minimum absolute atomic E-state index is 0.0192. The molecule has 0 aliphatic rings. The van der Waals surface area contributed by atoms with Crippen molar-refractivity contribution in [3.8, 4) is 0 Å². The van der Waals surface area contributed by atoms with Crippen LogP contribution in [0.1, 0.15) is 13.3 Å². The number of nitrogens with one attached hydrogen (secondary N) is 1. The molecule has 1 amide bonds. The Labute approximate surface area is 91.4 Å². The number of aliphatic carboxylic acids is 1. The summed E-state index contributed by atoms with van der Waals surface area (Å²) >= 11 is 3.81. The number of hydrogen-bond donors (Lipinski definition) is 3. The molecule has 0 rings (SSSR count). The fraction of sp³-hybridized carbons (Fsp3) is 0.500. The van der Waals surface area contributed by atoms with Crippen LogP contribution in [0.2, 0.25) is 0 Å². The number of carbonyl (C=O) groups excluding carboxylic acids is 3. The number of carboxylic acid groups (broad SMARTS) is 1. The van der Waals surface area contributed by atoms with Gasteiger partial charge in [0.1, 0.15) is 0 Å². The van der Waals surface area contributed by atoms with Gasteiger partial charge in [0.25, 0.3) is 0 Å². The molecule has 1 atom stereocenters.